The molecule has 0 bridgehead atoms. The highest BCUT2D eigenvalue weighted by molar-refractivity contribution is 6.31. The zero-order valence-electron chi connectivity index (χ0n) is 12.9. The van der Waals surface area contributed by atoms with Crippen molar-refractivity contribution in [1.29, 1.82) is 0 Å². The summed E-state index contributed by atoms with van der Waals surface area (Å²) in [6.45, 7) is 0.773. The van der Waals surface area contributed by atoms with E-state index in [9.17, 15) is 14.9 Å². The number of hydrogen-bond donors (Lipinski definition) is 1. The van der Waals surface area contributed by atoms with Gasteiger partial charge in [-0.1, -0.05) is 18.0 Å². The van der Waals surface area contributed by atoms with E-state index in [4.69, 9.17) is 17.3 Å². The average Bonchev–Trinajstić information content (AvgIpc) is 2.96. The molecule has 8 heteroatoms. The summed E-state index contributed by atoms with van der Waals surface area (Å²) in [7, 11) is 1.70. The van der Waals surface area contributed by atoms with Crippen LogP contribution in [0, 0.1) is 22.0 Å². The van der Waals surface area contributed by atoms with Crippen LogP contribution in [0.5, 0.6) is 0 Å². The molecule has 0 unspecified atom stereocenters. The number of nitro groups is 1. The van der Waals surface area contributed by atoms with Crippen LogP contribution in [-0.4, -0.2) is 29.3 Å². The quantitative estimate of drug-likeness (QED) is 0.644. The minimum atomic E-state index is -0.469. The Bertz CT molecular complexity index is 583. The molecule has 2 N–H and O–H groups in total. The summed E-state index contributed by atoms with van der Waals surface area (Å²) in [5, 5.41) is 11.3. The van der Waals surface area contributed by atoms with Crippen molar-refractivity contribution in [3.05, 3.63) is 38.9 Å². The standard InChI is InChI=1S/C15H20ClN3O3.ClH/c1-18(15(20)13-4-2-3-10(13)8-17)9-11-7-12(19(21)22)5-6-14(11)16;/h5-7,10,13H,2-4,8-9,17H2,1H3;1H/t10-,13-;/m1./s1. The molecular weight excluding hydrogens is 341 g/mol. The Morgan fingerprint density at radius 2 is 2.17 bits per heavy atom. The molecule has 0 saturated heterocycles. The van der Waals surface area contributed by atoms with Crippen molar-refractivity contribution in [1.82, 2.24) is 4.90 Å². The number of amides is 1. The van der Waals surface area contributed by atoms with Gasteiger partial charge in [0.15, 0.2) is 0 Å². The van der Waals surface area contributed by atoms with Crippen molar-refractivity contribution >= 4 is 35.6 Å². The molecule has 23 heavy (non-hydrogen) atoms. The highest BCUT2D eigenvalue weighted by Gasteiger charge is 2.33. The highest BCUT2D eigenvalue weighted by Crippen LogP contribution is 2.33. The van der Waals surface area contributed by atoms with Gasteiger partial charge in [-0.05, 0) is 36.9 Å². The van der Waals surface area contributed by atoms with Gasteiger partial charge in [-0.3, -0.25) is 14.9 Å². The van der Waals surface area contributed by atoms with Gasteiger partial charge in [0.25, 0.3) is 5.69 Å². The number of carbonyl (C=O) groups excluding carboxylic acids is 1. The Labute approximate surface area is 146 Å². The number of non-ortho nitro benzene ring substituents is 1. The number of rotatable bonds is 5. The molecule has 0 heterocycles. The Kier molecular flexibility index (Phi) is 7.25. The fraction of sp³-hybridized carbons (Fsp3) is 0.533. The van der Waals surface area contributed by atoms with E-state index < -0.39 is 4.92 Å². The SMILES string of the molecule is CN(Cc1cc([N+](=O)[O-])ccc1Cl)C(=O)[C@@H]1CCC[C@@H]1CN.Cl. The van der Waals surface area contributed by atoms with Crippen LogP contribution in [0.25, 0.3) is 0 Å². The van der Waals surface area contributed by atoms with Gasteiger partial charge in [-0.2, -0.15) is 0 Å². The van der Waals surface area contributed by atoms with E-state index in [0.717, 1.165) is 19.3 Å². The second-order valence-corrected chi connectivity index (χ2v) is 6.17. The summed E-state index contributed by atoms with van der Waals surface area (Å²) >= 11 is 6.08. The summed E-state index contributed by atoms with van der Waals surface area (Å²) in [6.07, 6.45) is 2.86. The molecule has 128 valence electrons. The van der Waals surface area contributed by atoms with Crippen molar-refractivity contribution in [2.75, 3.05) is 13.6 Å². The molecule has 6 nitrogen and oxygen atoms in total. The Morgan fingerprint density at radius 3 is 2.78 bits per heavy atom. The normalized spacial score (nSPS) is 20.0. The third-order valence-electron chi connectivity index (χ3n) is 4.30. The molecule has 1 aromatic carbocycles. The average molecular weight is 362 g/mol. The fourth-order valence-corrected chi connectivity index (χ4v) is 3.23. The maximum Gasteiger partial charge on any atom is 0.269 e. The molecule has 1 fully saturated rings. The third kappa shape index (κ3) is 4.56. The van der Waals surface area contributed by atoms with Crippen LogP contribution in [0.15, 0.2) is 18.2 Å². The lowest BCUT2D eigenvalue weighted by Gasteiger charge is -2.24. The van der Waals surface area contributed by atoms with Crippen LogP contribution in [0.1, 0.15) is 24.8 Å². The predicted octanol–water partition coefficient (Wildman–Crippen LogP) is 3.00. The Morgan fingerprint density at radius 1 is 1.48 bits per heavy atom. The van der Waals surface area contributed by atoms with Gasteiger partial charge >= 0.3 is 0 Å². The topological polar surface area (TPSA) is 89.5 Å². The van der Waals surface area contributed by atoms with Crippen molar-refractivity contribution in [2.24, 2.45) is 17.6 Å². The molecule has 1 aromatic rings. The molecule has 1 amide bonds. The number of hydrogen-bond acceptors (Lipinski definition) is 4. The lowest BCUT2D eigenvalue weighted by molar-refractivity contribution is -0.384. The maximum absolute atomic E-state index is 12.5. The first kappa shape index (κ1) is 19.7. The van der Waals surface area contributed by atoms with E-state index in [-0.39, 0.29) is 42.4 Å². The van der Waals surface area contributed by atoms with Gasteiger partial charge in [0.1, 0.15) is 0 Å². The molecule has 1 aliphatic rings. The largest absolute Gasteiger partial charge is 0.341 e. The fourth-order valence-electron chi connectivity index (χ4n) is 3.06. The summed E-state index contributed by atoms with van der Waals surface area (Å²) in [4.78, 5) is 24.5. The predicted molar refractivity (Wildman–Crippen MR) is 91.7 cm³/mol. The van der Waals surface area contributed by atoms with Crippen molar-refractivity contribution < 1.29 is 9.72 Å². The molecule has 1 aliphatic carbocycles. The van der Waals surface area contributed by atoms with Crippen LogP contribution < -0.4 is 5.73 Å². The first-order chi connectivity index (χ1) is 10.4. The van der Waals surface area contributed by atoms with Crippen molar-refractivity contribution in [2.45, 2.75) is 25.8 Å². The highest BCUT2D eigenvalue weighted by atomic mass is 35.5. The van der Waals surface area contributed by atoms with E-state index in [1.807, 2.05) is 0 Å². The van der Waals surface area contributed by atoms with Gasteiger partial charge in [-0.25, -0.2) is 0 Å². The molecule has 0 aromatic heterocycles. The molecule has 0 aliphatic heterocycles. The van der Waals surface area contributed by atoms with Crippen LogP contribution in [0.3, 0.4) is 0 Å². The second kappa shape index (κ2) is 8.47. The number of nitrogens with zero attached hydrogens (tertiary/aromatic N) is 2. The number of halogens is 2. The van der Waals surface area contributed by atoms with Gasteiger partial charge in [0.05, 0.1) is 4.92 Å². The third-order valence-corrected chi connectivity index (χ3v) is 4.67. The zero-order chi connectivity index (χ0) is 16.3. The lowest BCUT2D eigenvalue weighted by atomic mass is 9.95. The van der Waals surface area contributed by atoms with Crippen LogP contribution in [0.2, 0.25) is 5.02 Å². The summed E-state index contributed by atoms with van der Waals surface area (Å²) in [5.41, 5.74) is 6.28. The molecule has 2 rings (SSSR count). The lowest BCUT2D eigenvalue weighted by Crippen LogP contribution is -2.36. The Balaban J connectivity index is 0.00000264. The van der Waals surface area contributed by atoms with E-state index >= 15 is 0 Å². The van der Waals surface area contributed by atoms with E-state index in [1.54, 1.807) is 11.9 Å². The number of carbonyl (C=O) groups is 1. The molecular formula is C15H21Cl2N3O3. The molecule has 0 radical (unpaired) electrons. The number of nitrogens with two attached hydrogens (primary N) is 1. The van der Waals surface area contributed by atoms with E-state index in [1.165, 1.54) is 18.2 Å². The monoisotopic (exact) mass is 361 g/mol. The van der Waals surface area contributed by atoms with Crippen LogP contribution in [-0.2, 0) is 11.3 Å². The van der Waals surface area contributed by atoms with Gasteiger partial charge < -0.3 is 10.6 Å². The van der Waals surface area contributed by atoms with Crippen LogP contribution in [0.4, 0.5) is 5.69 Å². The number of nitro benzene ring substituents is 1. The zero-order valence-corrected chi connectivity index (χ0v) is 14.5. The summed E-state index contributed by atoms with van der Waals surface area (Å²) < 4.78 is 0. The first-order valence-corrected chi connectivity index (χ1v) is 7.69. The number of benzene rings is 1. The molecule has 1 saturated carbocycles. The molecule has 2 atom stereocenters. The second-order valence-electron chi connectivity index (χ2n) is 5.76. The smallest absolute Gasteiger partial charge is 0.269 e. The maximum atomic E-state index is 12.5. The molecule has 0 spiro atoms. The first-order valence-electron chi connectivity index (χ1n) is 7.32. The van der Waals surface area contributed by atoms with Gasteiger partial charge in [0.2, 0.25) is 5.91 Å². The van der Waals surface area contributed by atoms with Gasteiger partial charge in [0, 0.05) is 36.7 Å². The summed E-state index contributed by atoms with van der Waals surface area (Å²) in [6, 6.07) is 4.27. The van der Waals surface area contributed by atoms with Crippen molar-refractivity contribution in [3.8, 4) is 0 Å². The van der Waals surface area contributed by atoms with Crippen LogP contribution >= 0.6 is 24.0 Å². The van der Waals surface area contributed by atoms with E-state index in [2.05, 4.69) is 0 Å². The van der Waals surface area contributed by atoms with Gasteiger partial charge in [-0.15, -0.1) is 12.4 Å². The van der Waals surface area contributed by atoms with E-state index in [0.29, 0.717) is 17.1 Å². The minimum absolute atomic E-state index is 0. The summed E-state index contributed by atoms with van der Waals surface area (Å²) in [5.74, 6) is 0.221. The Hall–Kier alpha value is -1.37. The van der Waals surface area contributed by atoms with Crippen molar-refractivity contribution in [3.63, 3.8) is 0 Å². The minimum Gasteiger partial charge on any atom is -0.341 e.